The zero-order chi connectivity index (χ0) is 10.1. The van der Waals surface area contributed by atoms with Crippen LogP contribution in [0.15, 0.2) is 4.99 Å². The molecule has 0 saturated heterocycles. The van der Waals surface area contributed by atoms with E-state index in [1.54, 1.807) is 6.92 Å². The zero-order valence-electron chi connectivity index (χ0n) is 8.37. The Morgan fingerprint density at radius 2 is 2.00 bits per heavy atom. The van der Waals surface area contributed by atoms with Gasteiger partial charge in [-0.15, -0.1) is 0 Å². The third-order valence-corrected chi connectivity index (χ3v) is 2.19. The Morgan fingerprint density at radius 1 is 1.46 bits per heavy atom. The van der Waals surface area contributed by atoms with Crippen LogP contribution in [-0.2, 0) is 4.74 Å². The van der Waals surface area contributed by atoms with Gasteiger partial charge in [-0.05, 0) is 20.8 Å². The van der Waals surface area contributed by atoms with Gasteiger partial charge in [0, 0.05) is 0 Å². The summed E-state index contributed by atoms with van der Waals surface area (Å²) in [5.74, 6) is 0.461. The smallest absolute Gasteiger partial charge is 0.194 e. The van der Waals surface area contributed by atoms with E-state index in [-0.39, 0.29) is 18.8 Å². The van der Waals surface area contributed by atoms with Crippen LogP contribution in [-0.4, -0.2) is 41.5 Å². The van der Waals surface area contributed by atoms with Gasteiger partial charge in [0.2, 0.25) is 0 Å². The van der Waals surface area contributed by atoms with Crippen molar-refractivity contribution in [3.63, 3.8) is 0 Å². The molecule has 0 aromatic carbocycles. The minimum Gasteiger partial charge on any atom is -0.472 e. The summed E-state index contributed by atoms with van der Waals surface area (Å²) in [5.41, 5.74) is -1.05. The number of hydrogen-bond donors (Lipinski definition) is 2. The first kappa shape index (κ1) is 10.5. The Labute approximate surface area is 78.3 Å². The van der Waals surface area contributed by atoms with Gasteiger partial charge in [0.1, 0.15) is 5.60 Å². The lowest BCUT2D eigenvalue weighted by atomic mass is 9.93. The van der Waals surface area contributed by atoms with Gasteiger partial charge < -0.3 is 14.9 Å². The quantitative estimate of drug-likeness (QED) is 0.662. The standard InChI is InChI=1S/C9H17NO3/c1-8(2)4-10-7(13-8)9(3,5-11)6-12/h11-12H,4-6H2,1-3H3. The molecule has 0 unspecified atom stereocenters. The summed E-state index contributed by atoms with van der Waals surface area (Å²) in [6.07, 6.45) is 0. The maximum atomic E-state index is 9.10. The molecule has 0 aliphatic carbocycles. The zero-order valence-corrected chi connectivity index (χ0v) is 8.37. The molecule has 0 atom stereocenters. The van der Waals surface area contributed by atoms with Crippen LogP contribution in [0.5, 0.6) is 0 Å². The van der Waals surface area contributed by atoms with Crippen LogP contribution < -0.4 is 0 Å². The van der Waals surface area contributed by atoms with Crippen molar-refractivity contribution < 1.29 is 14.9 Å². The van der Waals surface area contributed by atoms with Crippen LogP contribution in [0.4, 0.5) is 0 Å². The van der Waals surface area contributed by atoms with Gasteiger partial charge in [-0.3, -0.25) is 4.99 Å². The molecule has 0 radical (unpaired) electrons. The molecular formula is C9H17NO3. The molecule has 0 aromatic heterocycles. The topological polar surface area (TPSA) is 62.1 Å². The summed E-state index contributed by atoms with van der Waals surface area (Å²) in [7, 11) is 0. The van der Waals surface area contributed by atoms with Crippen LogP contribution >= 0.6 is 0 Å². The van der Waals surface area contributed by atoms with Crippen molar-refractivity contribution >= 4 is 5.90 Å². The summed E-state index contributed by atoms with van der Waals surface area (Å²) in [5, 5.41) is 18.2. The van der Waals surface area contributed by atoms with E-state index in [1.807, 2.05) is 13.8 Å². The van der Waals surface area contributed by atoms with Gasteiger partial charge in [0.05, 0.1) is 25.2 Å². The Hall–Kier alpha value is -0.610. The molecule has 2 N–H and O–H groups in total. The molecular weight excluding hydrogens is 170 g/mol. The van der Waals surface area contributed by atoms with E-state index >= 15 is 0 Å². The Balaban J connectivity index is 2.74. The third-order valence-electron chi connectivity index (χ3n) is 2.19. The maximum absolute atomic E-state index is 9.10. The highest BCUT2D eigenvalue weighted by atomic mass is 16.5. The molecule has 0 fully saturated rings. The second-order valence-electron chi connectivity index (χ2n) is 4.36. The van der Waals surface area contributed by atoms with Crippen LogP contribution in [0.3, 0.4) is 0 Å². The minimum absolute atomic E-state index is 0.154. The van der Waals surface area contributed by atoms with E-state index in [1.165, 1.54) is 0 Å². The highest BCUT2D eigenvalue weighted by Gasteiger charge is 2.39. The second-order valence-corrected chi connectivity index (χ2v) is 4.36. The fraction of sp³-hybridized carbons (Fsp3) is 0.889. The predicted octanol–water partition coefficient (Wildman–Crippen LogP) is 0.185. The average Bonchev–Trinajstić information content (AvgIpc) is 2.45. The third kappa shape index (κ3) is 2.00. The van der Waals surface area contributed by atoms with Crippen molar-refractivity contribution in [1.29, 1.82) is 0 Å². The van der Waals surface area contributed by atoms with Crippen molar-refractivity contribution in [2.45, 2.75) is 26.4 Å². The monoisotopic (exact) mass is 187 g/mol. The number of hydrogen-bond acceptors (Lipinski definition) is 4. The Bertz CT molecular complexity index is 219. The molecule has 0 amide bonds. The van der Waals surface area contributed by atoms with E-state index in [0.717, 1.165) is 0 Å². The molecule has 4 nitrogen and oxygen atoms in total. The number of aliphatic hydroxyl groups excluding tert-OH is 2. The lowest BCUT2D eigenvalue weighted by molar-refractivity contribution is 0.0666. The number of aliphatic imine (C=N–C) groups is 1. The van der Waals surface area contributed by atoms with Crippen molar-refractivity contribution in [2.75, 3.05) is 19.8 Å². The molecule has 0 aromatic rings. The summed E-state index contributed by atoms with van der Waals surface area (Å²) in [6.45, 7) is 5.86. The summed E-state index contributed by atoms with van der Waals surface area (Å²) in [6, 6.07) is 0. The molecule has 0 bridgehead atoms. The molecule has 4 heteroatoms. The van der Waals surface area contributed by atoms with Crippen LogP contribution in [0.1, 0.15) is 20.8 Å². The average molecular weight is 187 g/mol. The van der Waals surface area contributed by atoms with Gasteiger partial charge in [-0.1, -0.05) is 0 Å². The number of rotatable bonds is 3. The molecule has 13 heavy (non-hydrogen) atoms. The van der Waals surface area contributed by atoms with Crippen molar-refractivity contribution in [2.24, 2.45) is 10.4 Å². The fourth-order valence-corrected chi connectivity index (χ4v) is 1.09. The van der Waals surface area contributed by atoms with E-state index in [9.17, 15) is 0 Å². The second kappa shape index (κ2) is 3.27. The minimum atomic E-state index is -0.742. The predicted molar refractivity (Wildman–Crippen MR) is 49.7 cm³/mol. The summed E-state index contributed by atoms with van der Waals surface area (Å²) in [4.78, 5) is 4.18. The van der Waals surface area contributed by atoms with Crippen molar-refractivity contribution in [1.82, 2.24) is 0 Å². The van der Waals surface area contributed by atoms with Gasteiger partial charge in [-0.25, -0.2) is 0 Å². The van der Waals surface area contributed by atoms with E-state index < -0.39 is 5.41 Å². The SMILES string of the molecule is CC1(C)CN=C(C(C)(CO)CO)O1. The van der Waals surface area contributed by atoms with Gasteiger partial charge in [0.15, 0.2) is 5.90 Å². The van der Waals surface area contributed by atoms with Crippen LogP contribution in [0.25, 0.3) is 0 Å². The number of nitrogens with zero attached hydrogens (tertiary/aromatic N) is 1. The first-order valence-corrected chi connectivity index (χ1v) is 4.39. The molecule has 0 saturated carbocycles. The van der Waals surface area contributed by atoms with Crippen molar-refractivity contribution in [3.05, 3.63) is 0 Å². The first-order chi connectivity index (χ1) is 5.93. The molecule has 1 rings (SSSR count). The van der Waals surface area contributed by atoms with Gasteiger partial charge >= 0.3 is 0 Å². The normalized spacial score (nSPS) is 21.2. The highest BCUT2D eigenvalue weighted by Crippen LogP contribution is 2.27. The molecule has 1 heterocycles. The molecule has 1 aliphatic heterocycles. The lowest BCUT2D eigenvalue weighted by Gasteiger charge is -2.27. The number of aliphatic hydroxyl groups is 2. The molecule has 76 valence electrons. The Morgan fingerprint density at radius 3 is 2.31 bits per heavy atom. The van der Waals surface area contributed by atoms with E-state index in [2.05, 4.69) is 4.99 Å². The van der Waals surface area contributed by atoms with E-state index in [4.69, 9.17) is 14.9 Å². The largest absolute Gasteiger partial charge is 0.472 e. The number of ether oxygens (including phenoxy) is 1. The highest BCUT2D eigenvalue weighted by molar-refractivity contribution is 5.84. The first-order valence-electron chi connectivity index (χ1n) is 4.39. The van der Waals surface area contributed by atoms with Crippen molar-refractivity contribution in [3.8, 4) is 0 Å². The van der Waals surface area contributed by atoms with Gasteiger partial charge in [0.25, 0.3) is 0 Å². The summed E-state index contributed by atoms with van der Waals surface area (Å²) >= 11 is 0. The van der Waals surface area contributed by atoms with Gasteiger partial charge in [-0.2, -0.15) is 0 Å². The molecule has 0 spiro atoms. The fourth-order valence-electron chi connectivity index (χ4n) is 1.09. The molecule has 1 aliphatic rings. The lowest BCUT2D eigenvalue weighted by Crippen LogP contribution is -2.38. The van der Waals surface area contributed by atoms with Crippen LogP contribution in [0.2, 0.25) is 0 Å². The summed E-state index contributed by atoms with van der Waals surface area (Å²) < 4.78 is 5.53. The van der Waals surface area contributed by atoms with E-state index in [0.29, 0.717) is 12.4 Å². The Kier molecular flexibility index (Phi) is 2.63. The van der Waals surface area contributed by atoms with Crippen LogP contribution in [0, 0.1) is 5.41 Å². The maximum Gasteiger partial charge on any atom is 0.194 e.